The first-order valence-electron chi connectivity index (χ1n) is 5.23. The summed E-state index contributed by atoms with van der Waals surface area (Å²) in [5, 5.41) is 3.03. The SMILES string of the molecule is Cc1cc(Br)cc(C(=O)NC2CCC2)c1. The van der Waals surface area contributed by atoms with Crippen molar-refractivity contribution in [3.8, 4) is 0 Å². The lowest BCUT2D eigenvalue weighted by Crippen LogP contribution is -2.39. The van der Waals surface area contributed by atoms with Gasteiger partial charge in [-0.25, -0.2) is 0 Å². The molecule has 1 aromatic rings. The van der Waals surface area contributed by atoms with Crippen LogP contribution in [0.5, 0.6) is 0 Å². The summed E-state index contributed by atoms with van der Waals surface area (Å²) < 4.78 is 0.959. The van der Waals surface area contributed by atoms with Gasteiger partial charge in [-0.15, -0.1) is 0 Å². The largest absolute Gasteiger partial charge is 0.349 e. The number of rotatable bonds is 2. The average Bonchev–Trinajstić information content (AvgIpc) is 2.09. The summed E-state index contributed by atoms with van der Waals surface area (Å²) in [6.45, 7) is 1.99. The van der Waals surface area contributed by atoms with E-state index in [4.69, 9.17) is 0 Å². The van der Waals surface area contributed by atoms with E-state index in [-0.39, 0.29) is 5.91 Å². The van der Waals surface area contributed by atoms with Crippen molar-refractivity contribution in [2.75, 3.05) is 0 Å². The summed E-state index contributed by atoms with van der Waals surface area (Å²) in [6.07, 6.45) is 3.49. The first-order valence-corrected chi connectivity index (χ1v) is 6.02. The van der Waals surface area contributed by atoms with Gasteiger partial charge in [-0.2, -0.15) is 0 Å². The third-order valence-electron chi connectivity index (χ3n) is 2.74. The highest BCUT2D eigenvalue weighted by atomic mass is 79.9. The van der Waals surface area contributed by atoms with E-state index in [0.717, 1.165) is 28.4 Å². The van der Waals surface area contributed by atoms with Gasteiger partial charge in [-0.1, -0.05) is 15.9 Å². The average molecular weight is 268 g/mol. The van der Waals surface area contributed by atoms with Crippen LogP contribution in [0, 0.1) is 6.92 Å². The number of carbonyl (C=O) groups excluding carboxylic acids is 1. The second kappa shape index (κ2) is 4.35. The van der Waals surface area contributed by atoms with Crippen molar-refractivity contribution < 1.29 is 4.79 Å². The Kier molecular flexibility index (Phi) is 3.10. The Hall–Kier alpha value is -0.830. The number of nitrogens with one attached hydrogen (secondary N) is 1. The van der Waals surface area contributed by atoms with Crippen LogP contribution in [0.3, 0.4) is 0 Å². The highest BCUT2D eigenvalue weighted by Crippen LogP contribution is 2.20. The van der Waals surface area contributed by atoms with E-state index in [1.54, 1.807) is 0 Å². The van der Waals surface area contributed by atoms with Crippen LogP contribution in [-0.4, -0.2) is 11.9 Å². The highest BCUT2D eigenvalue weighted by molar-refractivity contribution is 9.10. The molecule has 1 amide bonds. The summed E-state index contributed by atoms with van der Waals surface area (Å²) in [4.78, 5) is 11.8. The predicted molar refractivity (Wildman–Crippen MR) is 64.0 cm³/mol. The maximum absolute atomic E-state index is 11.8. The molecule has 1 fully saturated rings. The summed E-state index contributed by atoms with van der Waals surface area (Å²) in [5.74, 6) is 0.0455. The molecule has 1 N–H and O–H groups in total. The van der Waals surface area contributed by atoms with Crippen LogP contribution in [0.25, 0.3) is 0 Å². The Bertz CT molecular complexity index is 365. The van der Waals surface area contributed by atoms with E-state index < -0.39 is 0 Å². The molecule has 15 heavy (non-hydrogen) atoms. The molecule has 1 aliphatic carbocycles. The van der Waals surface area contributed by atoms with Crippen LogP contribution in [-0.2, 0) is 0 Å². The fourth-order valence-corrected chi connectivity index (χ4v) is 2.30. The lowest BCUT2D eigenvalue weighted by atomic mass is 9.93. The zero-order valence-electron chi connectivity index (χ0n) is 8.72. The third-order valence-corrected chi connectivity index (χ3v) is 3.20. The Balaban J connectivity index is 2.10. The van der Waals surface area contributed by atoms with Crippen molar-refractivity contribution in [1.82, 2.24) is 5.32 Å². The molecule has 0 heterocycles. The molecule has 0 radical (unpaired) electrons. The van der Waals surface area contributed by atoms with Crippen LogP contribution in [0.2, 0.25) is 0 Å². The van der Waals surface area contributed by atoms with Crippen LogP contribution in [0.15, 0.2) is 22.7 Å². The quantitative estimate of drug-likeness (QED) is 0.877. The number of hydrogen-bond donors (Lipinski definition) is 1. The lowest BCUT2D eigenvalue weighted by Gasteiger charge is -2.26. The van der Waals surface area contributed by atoms with Crippen molar-refractivity contribution in [1.29, 1.82) is 0 Å². The van der Waals surface area contributed by atoms with E-state index in [1.165, 1.54) is 6.42 Å². The Morgan fingerprint density at radius 2 is 2.13 bits per heavy atom. The van der Waals surface area contributed by atoms with E-state index in [1.807, 2.05) is 25.1 Å². The molecule has 0 saturated heterocycles. The summed E-state index contributed by atoms with van der Waals surface area (Å²) in [5.41, 5.74) is 1.84. The molecule has 1 saturated carbocycles. The van der Waals surface area contributed by atoms with Crippen molar-refractivity contribution in [3.05, 3.63) is 33.8 Å². The minimum Gasteiger partial charge on any atom is -0.349 e. The molecular formula is C12H14BrNO. The van der Waals surface area contributed by atoms with Crippen molar-refractivity contribution in [2.45, 2.75) is 32.2 Å². The smallest absolute Gasteiger partial charge is 0.251 e. The first kappa shape index (κ1) is 10.7. The van der Waals surface area contributed by atoms with E-state index in [9.17, 15) is 4.79 Å². The lowest BCUT2D eigenvalue weighted by molar-refractivity contribution is 0.0917. The van der Waals surface area contributed by atoms with Crippen LogP contribution in [0.4, 0.5) is 0 Å². The van der Waals surface area contributed by atoms with E-state index in [0.29, 0.717) is 6.04 Å². The molecule has 1 aromatic carbocycles. The number of benzene rings is 1. The summed E-state index contributed by atoms with van der Waals surface area (Å²) >= 11 is 3.40. The zero-order valence-corrected chi connectivity index (χ0v) is 10.3. The van der Waals surface area contributed by atoms with Crippen molar-refractivity contribution >= 4 is 21.8 Å². The second-order valence-corrected chi connectivity index (χ2v) is 5.03. The molecule has 2 rings (SSSR count). The standard InChI is InChI=1S/C12H14BrNO/c1-8-5-9(7-10(13)6-8)12(15)14-11-3-2-4-11/h5-7,11H,2-4H2,1H3,(H,14,15). The Morgan fingerprint density at radius 1 is 1.40 bits per heavy atom. The zero-order chi connectivity index (χ0) is 10.8. The predicted octanol–water partition coefficient (Wildman–Crippen LogP) is 3.04. The summed E-state index contributed by atoms with van der Waals surface area (Å²) in [7, 11) is 0. The fraction of sp³-hybridized carbons (Fsp3) is 0.417. The molecule has 80 valence electrons. The number of aryl methyl sites for hydroxylation is 1. The van der Waals surface area contributed by atoms with Gasteiger partial charge in [0.2, 0.25) is 0 Å². The van der Waals surface area contributed by atoms with E-state index in [2.05, 4.69) is 21.2 Å². The fourth-order valence-electron chi connectivity index (χ4n) is 1.69. The molecule has 2 nitrogen and oxygen atoms in total. The minimum atomic E-state index is 0.0455. The Morgan fingerprint density at radius 3 is 2.67 bits per heavy atom. The number of halogens is 1. The molecule has 0 bridgehead atoms. The molecule has 0 aliphatic heterocycles. The molecule has 1 aliphatic rings. The molecule has 0 atom stereocenters. The molecule has 3 heteroatoms. The molecular weight excluding hydrogens is 254 g/mol. The second-order valence-electron chi connectivity index (χ2n) is 4.12. The molecule has 0 spiro atoms. The van der Waals surface area contributed by atoms with Crippen molar-refractivity contribution in [3.63, 3.8) is 0 Å². The maximum Gasteiger partial charge on any atom is 0.251 e. The van der Waals surface area contributed by atoms with Gasteiger partial charge in [0.15, 0.2) is 0 Å². The van der Waals surface area contributed by atoms with Gasteiger partial charge in [0.1, 0.15) is 0 Å². The van der Waals surface area contributed by atoms with Gasteiger partial charge in [0.25, 0.3) is 5.91 Å². The van der Waals surface area contributed by atoms with Gasteiger partial charge in [0, 0.05) is 16.1 Å². The number of amides is 1. The normalized spacial score (nSPS) is 15.9. The number of hydrogen-bond acceptors (Lipinski definition) is 1. The molecule has 0 unspecified atom stereocenters. The van der Waals surface area contributed by atoms with Crippen molar-refractivity contribution in [2.24, 2.45) is 0 Å². The van der Waals surface area contributed by atoms with Crippen LogP contribution in [0.1, 0.15) is 35.2 Å². The van der Waals surface area contributed by atoms with Gasteiger partial charge in [-0.05, 0) is 49.9 Å². The molecule has 0 aromatic heterocycles. The topological polar surface area (TPSA) is 29.1 Å². The van der Waals surface area contributed by atoms with Gasteiger partial charge in [-0.3, -0.25) is 4.79 Å². The summed E-state index contributed by atoms with van der Waals surface area (Å²) in [6, 6.07) is 6.18. The first-order chi connectivity index (χ1) is 7.15. The monoisotopic (exact) mass is 267 g/mol. The van der Waals surface area contributed by atoms with Gasteiger partial charge < -0.3 is 5.32 Å². The highest BCUT2D eigenvalue weighted by Gasteiger charge is 2.20. The third kappa shape index (κ3) is 2.59. The van der Waals surface area contributed by atoms with Gasteiger partial charge in [0.05, 0.1) is 0 Å². The van der Waals surface area contributed by atoms with Crippen LogP contribution < -0.4 is 5.32 Å². The van der Waals surface area contributed by atoms with Crippen LogP contribution >= 0.6 is 15.9 Å². The minimum absolute atomic E-state index is 0.0455. The maximum atomic E-state index is 11.8. The number of carbonyl (C=O) groups is 1. The van der Waals surface area contributed by atoms with E-state index >= 15 is 0 Å². The Labute approximate surface area is 98.2 Å². The van der Waals surface area contributed by atoms with Gasteiger partial charge >= 0.3 is 0 Å².